The van der Waals surface area contributed by atoms with E-state index >= 15 is 0 Å². The van der Waals surface area contributed by atoms with Crippen molar-refractivity contribution in [2.24, 2.45) is 5.92 Å². The van der Waals surface area contributed by atoms with E-state index in [2.05, 4.69) is 33.1 Å². The molecule has 1 atom stereocenters. The average Bonchev–Trinajstić information content (AvgIpc) is 2.49. The molecular formula is C18H27BrN2O. The Morgan fingerprint density at radius 2 is 2.09 bits per heavy atom. The summed E-state index contributed by atoms with van der Waals surface area (Å²) in [5.41, 5.74) is 1.06. The molecule has 1 amide bonds. The number of halogens is 1. The van der Waals surface area contributed by atoms with Crippen LogP contribution in [0.2, 0.25) is 0 Å². The third-order valence-corrected chi connectivity index (χ3v) is 4.77. The average molecular weight is 367 g/mol. The van der Waals surface area contributed by atoms with E-state index in [9.17, 15) is 4.79 Å². The van der Waals surface area contributed by atoms with Crippen molar-refractivity contribution in [2.75, 3.05) is 26.2 Å². The lowest BCUT2D eigenvalue weighted by Gasteiger charge is -2.30. The van der Waals surface area contributed by atoms with Crippen LogP contribution in [0.15, 0.2) is 28.7 Å². The molecule has 0 aromatic heterocycles. The highest BCUT2D eigenvalue weighted by Gasteiger charge is 2.15. The summed E-state index contributed by atoms with van der Waals surface area (Å²) >= 11 is 3.40. The van der Waals surface area contributed by atoms with Crippen LogP contribution in [0.4, 0.5) is 0 Å². The number of nitrogens with zero attached hydrogens (tertiary/aromatic N) is 1. The van der Waals surface area contributed by atoms with Crippen molar-refractivity contribution in [2.45, 2.75) is 39.0 Å². The zero-order chi connectivity index (χ0) is 15.8. The summed E-state index contributed by atoms with van der Waals surface area (Å²) in [5.74, 6) is 0.966. The van der Waals surface area contributed by atoms with E-state index in [-0.39, 0.29) is 5.91 Å². The first-order chi connectivity index (χ1) is 10.6. The van der Waals surface area contributed by atoms with E-state index in [1.54, 1.807) is 0 Å². The quantitative estimate of drug-likeness (QED) is 0.747. The molecule has 4 heteroatoms. The maximum absolute atomic E-state index is 11.9. The van der Waals surface area contributed by atoms with Gasteiger partial charge in [-0.1, -0.05) is 35.0 Å². The van der Waals surface area contributed by atoms with Gasteiger partial charge in [0, 0.05) is 17.6 Å². The summed E-state index contributed by atoms with van der Waals surface area (Å²) in [6, 6.07) is 7.92. The van der Waals surface area contributed by atoms with Crippen LogP contribution in [0.1, 0.15) is 38.2 Å². The Morgan fingerprint density at radius 1 is 1.32 bits per heavy atom. The predicted molar refractivity (Wildman–Crippen MR) is 94.9 cm³/mol. The number of amides is 1. The minimum Gasteiger partial charge on any atom is -0.356 e. The van der Waals surface area contributed by atoms with E-state index in [4.69, 9.17) is 0 Å². The smallest absolute Gasteiger partial charge is 0.224 e. The van der Waals surface area contributed by atoms with Gasteiger partial charge in [-0.15, -0.1) is 0 Å². The van der Waals surface area contributed by atoms with Gasteiger partial charge in [-0.2, -0.15) is 0 Å². The van der Waals surface area contributed by atoms with Gasteiger partial charge >= 0.3 is 0 Å². The minimum atomic E-state index is 0.119. The normalized spacial score (nSPS) is 19.1. The van der Waals surface area contributed by atoms with Gasteiger partial charge in [0.1, 0.15) is 0 Å². The van der Waals surface area contributed by atoms with Gasteiger partial charge < -0.3 is 10.2 Å². The lowest BCUT2D eigenvalue weighted by molar-refractivity contribution is -0.120. The second kappa shape index (κ2) is 9.31. The highest BCUT2D eigenvalue weighted by atomic mass is 79.9. The topological polar surface area (TPSA) is 32.3 Å². The number of rotatable bonds is 7. The van der Waals surface area contributed by atoms with Crippen LogP contribution in [0.3, 0.4) is 0 Å². The summed E-state index contributed by atoms with van der Waals surface area (Å²) in [6.45, 7) is 6.80. The molecule has 22 heavy (non-hydrogen) atoms. The van der Waals surface area contributed by atoms with Gasteiger partial charge in [-0.25, -0.2) is 0 Å². The summed E-state index contributed by atoms with van der Waals surface area (Å²) in [6.07, 6.45) is 5.42. The maximum Gasteiger partial charge on any atom is 0.224 e. The Bertz CT molecular complexity index is 461. The van der Waals surface area contributed by atoms with Gasteiger partial charge in [0.15, 0.2) is 0 Å². The van der Waals surface area contributed by atoms with Gasteiger partial charge in [0.05, 0.1) is 6.42 Å². The number of unbranched alkanes of at least 4 members (excludes halogenated alkanes) is 1. The summed E-state index contributed by atoms with van der Waals surface area (Å²) in [4.78, 5) is 14.4. The van der Waals surface area contributed by atoms with Crippen molar-refractivity contribution < 1.29 is 4.79 Å². The number of piperidine rings is 1. The largest absolute Gasteiger partial charge is 0.356 e. The van der Waals surface area contributed by atoms with Crippen molar-refractivity contribution in [1.82, 2.24) is 10.2 Å². The molecule has 0 aliphatic carbocycles. The molecule has 0 saturated carbocycles. The van der Waals surface area contributed by atoms with E-state index in [0.717, 1.165) is 28.9 Å². The number of carbonyl (C=O) groups excluding carboxylic acids is 1. The zero-order valence-electron chi connectivity index (χ0n) is 13.5. The summed E-state index contributed by atoms with van der Waals surface area (Å²) in [5, 5.41) is 3.02. The van der Waals surface area contributed by atoms with Gasteiger partial charge in [0.2, 0.25) is 5.91 Å². The predicted octanol–water partition coefficient (Wildman–Crippen LogP) is 3.62. The van der Waals surface area contributed by atoms with Gasteiger partial charge in [0.25, 0.3) is 0 Å². The molecular weight excluding hydrogens is 340 g/mol. The maximum atomic E-state index is 11.9. The SMILES string of the molecule is CC1CCCN(CCCCNC(=O)Cc2ccc(Br)cc2)C1. The molecule has 1 heterocycles. The number of hydrogen-bond acceptors (Lipinski definition) is 2. The highest BCUT2D eigenvalue weighted by Crippen LogP contribution is 2.15. The van der Waals surface area contributed by atoms with E-state index < -0.39 is 0 Å². The molecule has 2 rings (SSSR count). The van der Waals surface area contributed by atoms with Crippen LogP contribution < -0.4 is 5.32 Å². The van der Waals surface area contributed by atoms with E-state index in [1.165, 1.54) is 38.9 Å². The van der Waals surface area contributed by atoms with Crippen molar-refractivity contribution in [3.63, 3.8) is 0 Å². The second-order valence-electron chi connectivity index (χ2n) is 6.41. The third-order valence-electron chi connectivity index (χ3n) is 4.24. The second-order valence-corrected chi connectivity index (χ2v) is 7.32. The fraction of sp³-hybridized carbons (Fsp3) is 0.611. The van der Waals surface area contributed by atoms with Crippen LogP contribution in [0, 0.1) is 5.92 Å². The standard InChI is InChI=1S/C18H27BrN2O/c1-15-5-4-12-21(14-15)11-3-2-10-20-18(22)13-16-6-8-17(19)9-7-16/h6-9,15H,2-5,10-14H2,1H3,(H,20,22). The molecule has 1 aliphatic rings. The first kappa shape index (κ1) is 17.5. The molecule has 1 N–H and O–H groups in total. The molecule has 1 aromatic carbocycles. The molecule has 0 radical (unpaired) electrons. The number of hydrogen-bond donors (Lipinski definition) is 1. The molecule has 122 valence electrons. The van der Waals surface area contributed by atoms with E-state index in [0.29, 0.717) is 6.42 Å². The Kier molecular flexibility index (Phi) is 7.40. The van der Waals surface area contributed by atoms with Crippen LogP contribution in [0.5, 0.6) is 0 Å². The van der Waals surface area contributed by atoms with Crippen molar-refractivity contribution in [1.29, 1.82) is 0 Å². The number of nitrogens with one attached hydrogen (secondary N) is 1. The fourth-order valence-electron chi connectivity index (χ4n) is 3.03. The number of benzene rings is 1. The van der Waals surface area contributed by atoms with Crippen molar-refractivity contribution in [3.05, 3.63) is 34.3 Å². The number of carbonyl (C=O) groups is 1. The monoisotopic (exact) mass is 366 g/mol. The lowest BCUT2D eigenvalue weighted by Crippen LogP contribution is -2.35. The fourth-order valence-corrected chi connectivity index (χ4v) is 3.29. The first-order valence-electron chi connectivity index (χ1n) is 8.37. The van der Waals surface area contributed by atoms with Crippen LogP contribution in [-0.4, -0.2) is 37.0 Å². The molecule has 1 saturated heterocycles. The van der Waals surface area contributed by atoms with Gasteiger partial charge in [-0.3, -0.25) is 4.79 Å². The molecule has 0 bridgehead atoms. The van der Waals surface area contributed by atoms with E-state index in [1.807, 2.05) is 24.3 Å². The van der Waals surface area contributed by atoms with Gasteiger partial charge in [-0.05, 0) is 62.4 Å². The minimum absolute atomic E-state index is 0.119. The molecule has 1 fully saturated rings. The third kappa shape index (κ3) is 6.49. The zero-order valence-corrected chi connectivity index (χ0v) is 15.1. The first-order valence-corrected chi connectivity index (χ1v) is 9.16. The van der Waals surface area contributed by atoms with Crippen LogP contribution in [-0.2, 0) is 11.2 Å². The molecule has 1 aliphatic heterocycles. The molecule has 1 unspecified atom stereocenters. The lowest BCUT2D eigenvalue weighted by atomic mass is 10.0. The molecule has 3 nitrogen and oxygen atoms in total. The Hall–Kier alpha value is -0.870. The number of likely N-dealkylation sites (tertiary alicyclic amines) is 1. The molecule has 0 spiro atoms. The van der Waals surface area contributed by atoms with Crippen LogP contribution in [0.25, 0.3) is 0 Å². The van der Waals surface area contributed by atoms with Crippen molar-refractivity contribution >= 4 is 21.8 Å². The summed E-state index contributed by atoms with van der Waals surface area (Å²) in [7, 11) is 0. The highest BCUT2D eigenvalue weighted by molar-refractivity contribution is 9.10. The van der Waals surface area contributed by atoms with Crippen LogP contribution >= 0.6 is 15.9 Å². The Labute approximate surface area is 142 Å². The Morgan fingerprint density at radius 3 is 2.82 bits per heavy atom. The summed E-state index contributed by atoms with van der Waals surface area (Å²) < 4.78 is 1.05. The molecule has 1 aromatic rings. The van der Waals surface area contributed by atoms with Crippen molar-refractivity contribution in [3.8, 4) is 0 Å². The Balaban J connectivity index is 1.54.